The highest BCUT2D eigenvalue weighted by atomic mass is 79.9. The number of halogens is 1. The lowest BCUT2D eigenvalue weighted by Crippen LogP contribution is -2.65. The average Bonchev–Trinajstić information content (AvgIpc) is 2.70. The van der Waals surface area contributed by atoms with Crippen molar-refractivity contribution in [3.05, 3.63) is 69.7 Å². The second-order valence-electron chi connectivity index (χ2n) is 8.18. The van der Waals surface area contributed by atoms with Crippen LogP contribution in [0.2, 0.25) is 0 Å². The first-order valence-corrected chi connectivity index (χ1v) is 10.8. The second-order valence-corrected chi connectivity index (χ2v) is 9.09. The molecule has 2 aromatic carbocycles. The van der Waals surface area contributed by atoms with Crippen LogP contribution < -0.4 is 10.7 Å². The van der Waals surface area contributed by atoms with Gasteiger partial charge in [0.2, 0.25) is 0 Å². The number of rotatable bonds is 3. The van der Waals surface area contributed by atoms with Crippen molar-refractivity contribution in [2.75, 3.05) is 0 Å². The largest absolute Gasteiger partial charge is 0.294 e. The van der Waals surface area contributed by atoms with E-state index in [-0.39, 0.29) is 11.4 Å². The molecular formula is C23H26BrN3O. The molecule has 1 aliphatic heterocycles. The summed E-state index contributed by atoms with van der Waals surface area (Å²) in [5.41, 5.74) is 5.27. The Morgan fingerprint density at radius 3 is 2.57 bits per heavy atom. The first-order chi connectivity index (χ1) is 13.5. The van der Waals surface area contributed by atoms with Gasteiger partial charge in [-0.1, -0.05) is 71.6 Å². The standard InChI is InChI=1S/C23H26BrN3O/c1-22(21(28)26-25-16-17-9-11-19(24)12-10-17)20-8-4-3-7-18(20)15-23(27-22)13-5-2-6-14-23/h3-4,7-12,16,27H,2,5-6,13-15H2,1H3,(H,26,28)/b25-16-/t22-/m1/s1. The fourth-order valence-corrected chi connectivity index (χ4v) is 4.97. The predicted molar refractivity (Wildman–Crippen MR) is 116 cm³/mol. The highest BCUT2D eigenvalue weighted by Gasteiger charge is 2.48. The zero-order valence-corrected chi connectivity index (χ0v) is 17.8. The average molecular weight is 440 g/mol. The quantitative estimate of drug-likeness (QED) is 0.539. The van der Waals surface area contributed by atoms with E-state index in [4.69, 9.17) is 0 Å². The number of carbonyl (C=O) groups excluding carboxylic acids is 1. The molecule has 4 nitrogen and oxygen atoms in total. The summed E-state index contributed by atoms with van der Waals surface area (Å²) in [5.74, 6) is -0.113. The van der Waals surface area contributed by atoms with E-state index in [1.54, 1.807) is 6.21 Å². The maximum absolute atomic E-state index is 13.3. The Labute approximate surface area is 174 Å². The summed E-state index contributed by atoms with van der Waals surface area (Å²) in [4.78, 5) is 13.3. The highest BCUT2D eigenvalue weighted by molar-refractivity contribution is 9.10. The van der Waals surface area contributed by atoms with Crippen LogP contribution in [0.25, 0.3) is 0 Å². The minimum atomic E-state index is -0.788. The van der Waals surface area contributed by atoms with Crippen LogP contribution in [0.3, 0.4) is 0 Å². The summed E-state index contributed by atoms with van der Waals surface area (Å²) < 4.78 is 1.02. The van der Waals surface area contributed by atoms with Crippen LogP contribution in [0.5, 0.6) is 0 Å². The fourth-order valence-electron chi connectivity index (χ4n) is 4.70. The van der Waals surface area contributed by atoms with E-state index in [9.17, 15) is 4.79 Å². The van der Waals surface area contributed by atoms with Crippen LogP contribution in [0.15, 0.2) is 58.1 Å². The molecule has 2 N–H and O–H groups in total. The summed E-state index contributed by atoms with van der Waals surface area (Å²) >= 11 is 3.42. The summed E-state index contributed by atoms with van der Waals surface area (Å²) in [6, 6.07) is 16.1. The maximum atomic E-state index is 13.3. The van der Waals surface area contributed by atoms with Crippen molar-refractivity contribution in [2.45, 2.75) is 56.5 Å². The predicted octanol–water partition coefficient (Wildman–Crippen LogP) is 4.66. The Bertz CT molecular complexity index is 887. The topological polar surface area (TPSA) is 53.5 Å². The number of nitrogens with zero attached hydrogens (tertiary/aromatic N) is 1. The van der Waals surface area contributed by atoms with Gasteiger partial charge in [-0.15, -0.1) is 0 Å². The molecule has 5 heteroatoms. The van der Waals surface area contributed by atoms with Crippen LogP contribution in [-0.4, -0.2) is 17.7 Å². The molecule has 1 atom stereocenters. The maximum Gasteiger partial charge on any atom is 0.264 e. The summed E-state index contributed by atoms with van der Waals surface area (Å²) in [6.07, 6.45) is 8.63. The third-order valence-corrected chi connectivity index (χ3v) is 6.64. The Morgan fingerprint density at radius 2 is 1.82 bits per heavy atom. The molecule has 1 aliphatic carbocycles. The van der Waals surface area contributed by atoms with Gasteiger partial charge in [-0.25, -0.2) is 5.43 Å². The molecule has 1 heterocycles. The lowest BCUT2D eigenvalue weighted by molar-refractivity contribution is -0.129. The third-order valence-electron chi connectivity index (χ3n) is 6.11. The molecule has 1 spiro atoms. The van der Waals surface area contributed by atoms with Crippen molar-refractivity contribution in [1.82, 2.24) is 10.7 Å². The van der Waals surface area contributed by atoms with Crippen molar-refractivity contribution < 1.29 is 4.79 Å². The van der Waals surface area contributed by atoms with E-state index in [0.29, 0.717) is 0 Å². The Hall–Kier alpha value is -1.98. The number of hydrazone groups is 1. The smallest absolute Gasteiger partial charge is 0.264 e. The second kappa shape index (κ2) is 7.80. The summed E-state index contributed by atoms with van der Waals surface area (Å²) in [6.45, 7) is 1.99. The van der Waals surface area contributed by atoms with Gasteiger partial charge in [0.25, 0.3) is 5.91 Å². The number of benzene rings is 2. The van der Waals surface area contributed by atoms with Crippen LogP contribution in [0.1, 0.15) is 55.7 Å². The monoisotopic (exact) mass is 439 g/mol. The van der Waals surface area contributed by atoms with Crippen molar-refractivity contribution in [1.29, 1.82) is 0 Å². The molecule has 28 heavy (non-hydrogen) atoms. The van der Waals surface area contributed by atoms with Crippen LogP contribution in [-0.2, 0) is 16.8 Å². The van der Waals surface area contributed by atoms with Crippen molar-refractivity contribution >= 4 is 28.1 Å². The Morgan fingerprint density at radius 1 is 1.11 bits per heavy atom. The van der Waals surface area contributed by atoms with Gasteiger partial charge in [0.05, 0.1) is 6.21 Å². The molecule has 0 saturated heterocycles. The molecule has 0 aromatic heterocycles. The molecule has 1 amide bonds. The molecule has 2 aliphatic rings. The zero-order chi connectivity index (χ0) is 19.6. The van der Waals surface area contributed by atoms with Gasteiger partial charge in [-0.3, -0.25) is 10.1 Å². The molecule has 1 fully saturated rings. The Kier molecular flexibility index (Phi) is 5.39. The molecule has 0 bridgehead atoms. The first-order valence-electron chi connectivity index (χ1n) is 9.98. The number of fused-ring (bicyclic) bond motifs is 1. The number of carbonyl (C=O) groups is 1. The van der Waals surface area contributed by atoms with E-state index < -0.39 is 5.54 Å². The van der Waals surface area contributed by atoms with Gasteiger partial charge in [-0.05, 0) is 55.0 Å². The molecule has 4 rings (SSSR count). The van der Waals surface area contributed by atoms with Gasteiger partial charge >= 0.3 is 0 Å². The number of amides is 1. The van der Waals surface area contributed by atoms with Crippen LogP contribution >= 0.6 is 15.9 Å². The van der Waals surface area contributed by atoms with E-state index in [0.717, 1.165) is 34.9 Å². The van der Waals surface area contributed by atoms with Crippen molar-refractivity contribution in [3.8, 4) is 0 Å². The number of hydrogen-bond donors (Lipinski definition) is 2. The molecule has 0 radical (unpaired) electrons. The van der Waals surface area contributed by atoms with E-state index >= 15 is 0 Å². The van der Waals surface area contributed by atoms with Crippen LogP contribution in [0, 0.1) is 0 Å². The highest BCUT2D eigenvalue weighted by Crippen LogP contribution is 2.41. The normalized spacial score (nSPS) is 23.5. The number of nitrogens with one attached hydrogen (secondary N) is 2. The van der Waals surface area contributed by atoms with Gasteiger partial charge < -0.3 is 0 Å². The van der Waals surface area contributed by atoms with Crippen molar-refractivity contribution in [3.63, 3.8) is 0 Å². The van der Waals surface area contributed by atoms with Gasteiger partial charge in [-0.2, -0.15) is 5.10 Å². The van der Waals surface area contributed by atoms with E-state index in [1.807, 2.05) is 37.3 Å². The first kappa shape index (κ1) is 19.3. The molecule has 2 aromatic rings. The zero-order valence-electron chi connectivity index (χ0n) is 16.2. The molecular weight excluding hydrogens is 414 g/mol. The lowest BCUT2D eigenvalue weighted by atomic mass is 9.69. The molecule has 0 unspecified atom stereocenters. The summed E-state index contributed by atoms with van der Waals surface area (Å²) in [5, 5.41) is 7.98. The minimum Gasteiger partial charge on any atom is -0.294 e. The fraction of sp³-hybridized carbons (Fsp3) is 0.391. The van der Waals surface area contributed by atoms with Gasteiger partial charge in [0, 0.05) is 10.0 Å². The third kappa shape index (κ3) is 3.78. The van der Waals surface area contributed by atoms with Gasteiger partial charge in [0.1, 0.15) is 5.54 Å². The summed E-state index contributed by atoms with van der Waals surface area (Å²) in [7, 11) is 0. The minimum absolute atomic E-state index is 0.00805. The lowest BCUT2D eigenvalue weighted by Gasteiger charge is -2.49. The van der Waals surface area contributed by atoms with E-state index in [2.05, 4.69) is 50.0 Å². The molecule has 146 valence electrons. The van der Waals surface area contributed by atoms with Crippen LogP contribution in [0.4, 0.5) is 0 Å². The van der Waals surface area contributed by atoms with E-state index in [1.165, 1.54) is 24.8 Å². The number of hydrogen-bond acceptors (Lipinski definition) is 3. The molecule has 1 saturated carbocycles. The SMILES string of the molecule is C[C@@]1(C(=O)N/N=C\c2ccc(Br)cc2)NC2(CCCCC2)Cc2ccccc21. The van der Waals surface area contributed by atoms with Crippen molar-refractivity contribution in [2.24, 2.45) is 5.10 Å². The van der Waals surface area contributed by atoms with Gasteiger partial charge in [0.15, 0.2) is 0 Å². The Balaban J connectivity index is 1.58.